The normalized spacial score (nSPS) is 18.5. The van der Waals surface area contributed by atoms with E-state index in [1.807, 2.05) is 54.3 Å². The number of nitrogens with zero attached hydrogens (tertiary/aromatic N) is 2. The smallest absolute Gasteiger partial charge is 0.252 e. The minimum atomic E-state index is -1.15. The number of pyridine rings is 1. The fourth-order valence-corrected chi connectivity index (χ4v) is 4.37. The van der Waals surface area contributed by atoms with Gasteiger partial charge in [-0.25, -0.2) is 0 Å². The Morgan fingerprint density at radius 3 is 2.52 bits per heavy atom. The third-order valence-electron chi connectivity index (χ3n) is 6.60. The minimum Gasteiger partial charge on any atom is -0.491 e. The van der Waals surface area contributed by atoms with Crippen LogP contribution in [0.4, 0.5) is 0 Å². The van der Waals surface area contributed by atoms with Crippen LogP contribution in [0, 0.1) is 6.92 Å². The number of aliphatic hydroxyl groups is 1. The third-order valence-corrected chi connectivity index (χ3v) is 6.60. The molecule has 4 rings (SSSR count). The zero-order valence-electron chi connectivity index (χ0n) is 22.7. The van der Waals surface area contributed by atoms with Gasteiger partial charge < -0.3 is 25.8 Å². The van der Waals surface area contributed by atoms with E-state index in [1.165, 1.54) is 6.92 Å². The molecule has 10 heteroatoms. The number of aliphatic hydroxyl groups excluding tert-OH is 1. The standard InChI is InChI=1S/C30H35N5O5/c1-20-6-9-24-17-26(20)40-16-14-32-27(37)19-35(15-13-33-30(39)28(21(2)36)34-29(24)38)18-22-7-10-23(11-8-22)25-5-3-4-12-31-25/h3-12,17,21,28,36H,13-16,18-19H2,1-2H3,(H,32,37)(H,33,39)(H,34,38)/t21-,28+/m1/s1. The van der Waals surface area contributed by atoms with E-state index in [0.717, 1.165) is 22.4 Å². The molecule has 2 aromatic carbocycles. The second-order valence-electron chi connectivity index (χ2n) is 9.78. The highest BCUT2D eigenvalue weighted by Gasteiger charge is 2.26. The maximum Gasteiger partial charge on any atom is 0.252 e. The number of benzene rings is 2. The molecule has 4 N–H and O–H groups in total. The maximum absolute atomic E-state index is 12.9. The van der Waals surface area contributed by atoms with Crippen LogP contribution in [0.2, 0.25) is 0 Å². The van der Waals surface area contributed by atoms with E-state index in [2.05, 4.69) is 20.9 Å². The summed E-state index contributed by atoms with van der Waals surface area (Å²) < 4.78 is 5.82. The first kappa shape index (κ1) is 28.7. The SMILES string of the molecule is Cc1ccc2cc1OCCNC(=O)CN(Cc1ccc(-c3ccccn3)cc1)CCNC(=O)[C@H]([C@@H](C)O)NC2=O. The second-order valence-corrected chi connectivity index (χ2v) is 9.78. The summed E-state index contributed by atoms with van der Waals surface area (Å²) in [4.78, 5) is 44.9. The molecular formula is C30H35N5O5. The van der Waals surface area contributed by atoms with E-state index >= 15 is 0 Å². The monoisotopic (exact) mass is 545 g/mol. The molecule has 1 aliphatic rings. The van der Waals surface area contributed by atoms with Gasteiger partial charge in [-0.05, 0) is 49.2 Å². The zero-order chi connectivity index (χ0) is 28.5. The summed E-state index contributed by atoms with van der Waals surface area (Å²) in [5.74, 6) is -0.687. The number of ether oxygens (including phenoxy) is 1. The second kappa shape index (κ2) is 13.7. The van der Waals surface area contributed by atoms with Crippen LogP contribution in [0.1, 0.15) is 28.4 Å². The van der Waals surface area contributed by atoms with Gasteiger partial charge in [0, 0.05) is 37.0 Å². The molecule has 2 heterocycles. The number of amides is 3. The van der Waals surface area contributed by atoms with Crippen molar-refractivity contribution < 1.29 is 24.2 Å². The predicted molar refractivity (Wildman–Crippen MR) is 151 cm³/mol. The molecule has 3 amide bonds. The fourth-order valence-electron chi connectivity index (χ4n) is 4.37. The average molecular weight is 546 g/mol. The van der Waals surface area contributed by atoms with E-state index in [-0.39, 0.29) is 25.6 Å². The van der Waals surface area contributed by atoms with Gasteiger partial charge in [0.1, 0.15) is 18.4 Å². The third kappa shape index (κ3) is 7.87. The van der Waals surface area contributed by atoms with Gasteiger partial charge in [0.15, 0.2) is 0 Å². The first-order valence-corrected chi connectivity index (χ1v) is 13.3. The van der Waals surface area contributed by atoms with Crippen LogP contribution in [0.5, 0.6) is 5.75 Å². The molecule has 1 aromatic heterocycles. The van der Waals surface area contributed by atoms with E-state index < -0.39 is 24.0 Å². The van der Waals surface area contributed by atoms with Gasteiger partial charge in [-0.15, -0.1) is 0 Å². The summed E-state index contributed by atoms with van der Waals surface area (Å²) in [6.45, 7) is 5.00. The minimum absolute atomic E-state index is 0.114. The Hall–Kier alpha value is -4.28. The molecule has 0 saturated carbocycles. The Kier molecular flexibility index (Phi) is 9.82. The van der Waals surface area contributed by atoms with Crippen LogP contribution >= 0.6 is 0 Å². The van der Waals surface area contributed by atoms with Crippen LogP contribution in [0.3, 0.4) is 0 Å². The van der Waals surface area contributed by atoms with Crippen LogP contribution in [-0.2, 0) is 16.1 Å². The number of carbonyl (C=O) groups is 3. The lowest BCUT2D eigenvalue weighted by Crippen LogP contribution is -2.53. The van der Waals surface area contributed by atoms with Crippen molar-refractivity contribution >= 4 is 17.7 Å². The number of hydrogen-bond donors (Lipinski definition) is 4. The number of nitrogens with one attached hydrogen (secondary N) is 3. The maximum atomic E-state index is 12.9. The van der Waals surface area contributed by atoms with Gasteiger partial charge in [-0.3, -0.25) is 24.3 Å². The molecule has 10 nitrogen and oxygen atoms in total. The van der Waals surface area contributed by atoms with E-state index in [4.69, 9.17) is 4.74 Å². The molecule has 1 aliphatic heterocycles. The first-order valence-electron chi connectivity index (χ1n) is 13.3. The Labute approximate surface area is 233 Å². The topological polar surface area (TPSA) is 133 Å². The van der Waals surface area contributed by atoms with E-state index in [1.54, 1.807) is 24.4 Å². The molecule has 0 unspecified atom stereocenters. The number of aromatic nitrogens is 1. The number of fused-ring (bicyclic) bond motifs is 2. The van der Waals surface area contributed by atoms with Crippen molar-refractivity contribution in [2.24, 2.45) is 0 Å². The quantitative estimate of drug-likeness (QED) is 0.392. The Bertz CT molecular complexity index is 1310. The molecule has 2 bridgehead atoms. The molecular weight excluding hydrogens is 510 g/mol. The molecule has 2 atom stereocenters. The molecule has 0 aliphatic carbocycles. The molecule has 210 valence electrons. The van der Waals surface area contributed by atoms with Gasteiger partial charge in [-0.2, -0.15) is 0 Å². The molecule has 3 aromatic rings. The lowest BCUT2D eigenvalue weighted by Gasteiger charge is -2.24. The lowest BCUT2D eigenvalue weighted by molar-refractivity contribution is -0.125. The molecule has 0 saturated heterocycles. The highest BCUT2D eigenvalue weighted by molar-refractivity contribution is 5.98. The summed E-state index contributed by atoms with van der Waals surface area (Å²) in [5.41, 5.74) is 3.99. The Morgan fingerprint density at radius 2 is 1.80 bits per heavy atom. The van der Waals surface area contributed by atoms with Crippen LogP contribution in [-0.4, -0.2) is 77.6 Å². The Morgan fingerprint density at radius 1 is 1.02 bits per heavy atom. The van der Waals surface area contributed by atoms with Crippen molar-refractivity contribution in [3.05, 3.63) is 83.6 Å². The van der Waals surface area contributed by atoms with Crippen molar-refractivity contribution in [2.45, 2.75) is 32.5 Å². The molecule has 0 fully saturated rings. The van der Waals surface area contributed by atoms with Crippen molar-refractivity contribution in [3.8, 4) is 17.0 Å². The summed E-state index contributed by atoms with van der Waals surface area (Å²) in [7, 11) is 0. The van der Waals surface area contributed by atoms with Crippen LogP contribution in [0.15, 0.2) is 66.9 Å². The summed E-state index contributed by atoms with van der Waals surface area (Å²) in [6, 6.07) is 17.5. The van der Waals surface area contributed by atoms with Crippen molar-refractivity contribution in [1.29, 1.82) is 0 Å². The van der Waals surface area contributed by atoms with Crippen molar-refractivity contribution in [2.75, 3.05) is 32.8 Å². The molecule has 0 radical (unpaired) electrons. The van der Waals surface area contributed by atoms with Gasteiger partial charge in [-0.1, -0.05) is 36.4 Å². The first-order chi connectivity index (χ1) is 19.3. The number of carbonyl (C=O) groups excluding carboxylic acids is 3. The van der Waals surface area contributed by atoms with Crippen molar-refractivity contribution in [1.82, 2.24) is 25.8 Å². The lowest BCUT2D eigenvalue weighted by atomic mass is 10.1. The number of rotatable bonds is 4. The van der Waals surface area contributed by atoms with Gasteiger partial charge in [0.05, 0.1) is 24.9 Å². The van der Waals surface area contributed by atoms with E-state index in [0.29, 0.717) is 30.9 Å². The number of aryl methyl sites for hydroxylation is 1. The van der Waals surface area contributed by atoms with Crippen LogP contribution in [0.25, 0.3) is 11.3 Å². The highest BCUT2D eigenvalue weighted by Crippen LogP contribution is 2.20. The van der Waals surface area contributed by atoms with Crippen molar-refractivity contribution in [3.63, 3.8) is 0 Å². The van der Waals surface area contributed by atoms with Crippen LogP contribution < -0.4 is 20.7 Å². The predicted octanol–water partition coefficient (Wildman–Crippen LogP) is 1.66. The largest absolute Gasteiger partial charge is 0.491 e. The summed E-state index contributed by atoms with van der Waals surface area (Å²) in [6.07, 6.45) is 0.630. The average Bonchev–Trinajstić information content (AvgIpc) is 2.95. The highest BCUT2D eigenvalue weighted by atomic mass is 16.5. The molecule has 0 spiro atoms. The number of hydrogen-bond acceptors (Lipinski definition) is 7. The van der Waals surface area contributed by atoms with Gasteiger partial charge >= 0.3 is 0 Å². The Balaban J connectivity index is 1.48. The fraction of sp³-hybridized carbons (Fsp3) is 0.333. The zero-order valence-corrected chi connectivity index (χ0v) is 22.7. The van der Waals surface area contributed by atoms with Gasteiger partial charge in [0.2, 0.25) is 11.8 Å². The summed E-state index contributed by atoms with van der Waals surface area (Å²) in [5, 5.41) is 18.5. The summed E-state index contributed by atoms with van der Waals surface area (Å²) >= 11 is 0. The molecule has 40 heavy (non-hydrogen) atoms. The van der Waals surface area contributed by atoms with E-state index in [9.17, 15) is 19.5 Å². The van der Waals surface area contributed by atoms with Gasteiger partial charge in [0.25, 0.3) is 5.91 Å².